The van der Waals surface area contributed by atoms with Crippen molar-refractivity contribution >= 4 is 5.91 Å². The maximum Gasteiger partial charge on any atom is 0.251 e. The molecule has 2 fully saturated rings. The number of β-amino-alcohol motifs (C(OH)–C–C–N with tert-alkyl or cyclic N) is 1. The Hall–Kier alpha value is -1.66. The van der Waals surface area contributed by atoms with Gasteiger partial charge in [-0.05, 0) is 43.9 Å². The minimum atomic E-state index is -0.478. The van der Waals surface area contributed by atoms with Gasteiger partial charge < -0.3 is 15.2 Å². The standard InChI is InChI=1S/C17H23FN2O3/c1-23-16-9-11(5-6-13(16)18)17(22)19-14-3-2-4-15(14)20-8-7-12(21)10-20/h5-6,9,12,14-15,21H,2-4,7-8,10H2,1H3,(H,19,22)/t12?,14-,15+/m1/s1. The molecule has 0 bridgehead atoms. The van der Waals surface area contributed by atoms with Crippen molar-refractivity contribution in [2.45, 2.75) is 43.9 Å². The third-order valence-corrected chi connectivity index (χ3v) is 4.87. The summed E-state index contributed by atoms with van der Waals surface area (Å²) in [6, 6.07) is 4.49. The van der Waals surface area contributed by atoms with Gasteiger partial charge in [-0.1, -0.05) is 0 Å². The number of halogens is 1. The van der Waals surface area contributed by atoms with E-state index in [9.17, 15) is 14.3 Å². The molecule has 1 heterocycles. The number of hydrogen-bond acceptors (Lipinski definition) is 4. The molecule has 2 N–H and O–H groups in total. The molecule has 1 saturated carbocycles. The van der Waals surface area contributed by atoms with Crippen molar-refractivity contribution in [1.29, 1.82) is 0 Å². The fourth-order valence-electron chi connectivity index (χ4n) is 3.67. The number of amides is 1. The van der Waals surface area contributed by atoms with Crippen molar-refractivity contribution in [2.75, 3.05) is 20.2 Å². The molecule has 5 nitrogen and oxygen atoms in total. The van der Waals surface area contributed by atoms with E-state index in [4.69, 9.17) is 4.74 Å². The van der Waals surface area contributed by atoms with Gasteiger partial charge in [0.25, 0.3) is 5.91 Å². The third-order valence-electron chi connectivity index (χ3n) is 4.87. The Morgan fingerprint density at radius 3 is 2.91 bits per heavy atom. The SMILES string of the molecule is COc1cc(C(=O)N[C@@H]2CCC[C@@H]2N2CCC(O)C2)ccc1F. The van der Waals surface area contributed by atoms with Crippen LogP contribution in [0.25, 0.3) is 0 Å². The minimum absolute atomic E-state index is 0.0725. The van der Waals surface area contributed by atoms with E-state index in [1.165, 1.54) is 25.3 Å². The maximum absolute atomic E-state index is 13.5. The number of carbonyl (C=O) groups excluding carboxylic acids is 1. The second kappa shape index (κ2) is 6.84. The van der Waals surface area contributed by atoms with E-state index >= 15 is 0 Å². The van der Waals surface area contributed by atoms with E-state index in [0.717, 1.165) is 32.2 Å². The van der Waals surface area contributed by atoms with Crippen LogP contribution in [0, 0.1) is 5.82 Å². The first-order valence-electron chi connectivity index (χ1n) is 8.15. The fraction of sp³-hybridized carbons (Fsp3) is 0.588. The summed E-state index contributed by atoms with van der Waals surface area (Å²) >= 11 is 0. The summed E-state index contributed by atoms with van der Waals surface area (Å²) < 4.78 is 18.4. The van der Waals surface area contributed by atoms with Gasteiger partial charge in [0.05, 0.1) is 13.2 Å². The van der Waals surface area contributed by atoms with Gasteiger partial charge >= 0.3 is 0 Å². The van der Waals surface area contributed by atoms with Gasteiger partial charge in [0.2, 0.25) is 0 Å². The van der Waals surface area contributed by atoms with Gasteiger partial charge in [0.15, 0.2) is 11.6 Å². The Balaban J connectivity index is 1.67. The van der Waals surface area contributed by atoms with Gasteiger partial charge in [-0.2, -0.15) is 0 Å². The van der Waals surface area contributed by atoms with Crippen molar-refractivity contribution < 1.29 is 19.0 Å². The zero-order valence-electron chi connectivity index (χ0n) is 13.3. The summed E-state index contributed by atoms with van der Waals surface area (Å²) in [5.41, 5.74) is 0.398. The number of rotatable bonds is 4. The lowest BCUT2D eigenvalue weighted by Gasteiger charge is -2.29. The first kappa shape index (κ1) is 16.2. The number of benzene rings is 1. The number of aliphatic hydroxyl groups excluding tert-OH is 1. The van der Waals surface area contributed by atoms with E-state index in [2.05, 4.69) is 10.2 Å². The lowest BCUT2D eigenvalue weighted by molar-refractivity contribution is 0.0905. The molecule has 23 heavy (non-hydrogen) atoms. The largest absolute Gasteiger partial charge is 0.494 e. The minimum Gasteiger partial charge on any atom is -0.494 e. The molecular formula is C17H23FN2O3. The second-order valence-corrected chi connectivity index (χ2v) is 6.36. The molecule has 1 unspecified atom stereocenters. The molecule has 1 aliphatic carbocycles. The first-order chi connectivity index (χ1) is 11.1. The lowest BCUT2D eigenvalue weighted by atomic mass is 10.1. The van der Waals surface area contributed by atoms with Crippen LogP contribution in [0.1, 0.15) is 36.0 Å². The molecule has 1 aromatic carbocycles. The Bertz CT molecular complexity index is 581. The molecule has 2 aliphatic rings. The number of ether oxygens (including phenoxy) is 1. The molecule has 0 radical (unpaired) electrons. The van der Waals surface area contributed by atoms with Crippen LogP contribution in [-0.2, 0) is 0 Å². The predicted molar refractivity (Wildman–Crippen MR) is 84.0 cm³/mol. The molecule has 1 aliphatic heterocycles. The van der Waals surface area contributed by atoms with Crippen LogP contribution in [0.5, 0.6) is 5.75 Å². The Morgan fingerprint density at radius 2 is 2.22 bits per heavy atom. The number of nitrogens with one attached hydrogen (secondary N) is 1. The van der Waals surface area contributed by atoms with Crippen LogP contribution in [0.2, 0.25) is 0 Å². The number of methoxy groups -OCH3 is 1. The molecule has 6 heteroatoms. The average molecular weight is 322 g/mol. The highest BCUT2D eigenvalue weighted by Gasteiger charge is 2.36. The molecule has 1 amide bonds. The smallest absolute Gasteiger partial charge is 0.251 e. The van der Waals surface area contributed by atoms with E-state index in [1.54, 1.807) is 0 Å². The van der Waals surface area contributed by atoms with Gasteiger partial charge in [0, 0.05) is 30.7 Å². The topological polar surface area (TPSA) is 61.8 Å². The highest BCUT2D eigenvalue weighted by atomic mass is 19.1. The van der Waals surface area contributed by atoms with E-state index < -0.39 is 5.82 Å². The number of nitrogens with zero attached hydrogens (tertiary/aromatic N) is 1. The zero-order valence-corrected chi connectivity index (χ0v) is 13.3. The molecule has 126 valence electrons. The van der Waals surface area contributed by atoms with Gasteiger partial charge in [-0.3, -0.25) is 9.69 Å². The normalized spacial score (nSPS) is 28.0. The van der Waals surface area contributed by atoms with Crippen molar-refractivity contribution in [3.8, 4) is 5.75 Å². The maximum atomic E-state index is 13.5. The molecule has 1 saturated heterocycles. The number of hydrogen-bond donors (Lipinski definition) is 2. The molecular weight excluding hydrogens is 299 g/mol. The highest BCUT2D eigenvalue weighted by Crippen LogP contribution is 2.28. The van der Waals surface area contributed by atoms with Crippen molar-refractivity contribution in [3.63, 3.8) is 0 Å². The van der Waals surface area contributed by atoms with Crippen LogP contribution in [-0.4, -0.2) is 54.3 Å². The molecule has 0 aromatic heterocycles. The van der Waals surface area contributed by atoms with Gasteiger partial charge in [-0.25, -0.2) is 4.39 Å². The van der Waals surface area contributed by atoms with E-state index in [-0.39, 0.29) is 29.8 Å². The summed E-state index contributed by atoms with van der Waals surface area (Å²) in [6.45, 7) is 1.56. The Labute approximate surface area is 135 Å². The van der Waals surface area contributed by atoms with Crippen LogP contribution >= 0.6 is 0 Å². The Morgan fingerprint density at radius 1 is 1.39 bits per heavy atom. The summed E-state index contributed by atoms with van der Waals surface area (Å²) in [7, 11) is 1.38. The highest BCUT2D eigenvalue weighted by molar-refractivity contribution is 5.94. The van der Waals surface area contributed by atoms with Gasteiger partial charge in [-0.15, -0.1) is 0 Å². The van der Waals surface area contributed by atoms with Crippen LogP contribution in [0.15, 0.2) is 18.2 Å². The second-order valence-electron chi connectivity index (χ2n) is 6.36. The quantitative estimate of drug-likeness (QED) is 0.883. The monoisotopic (exact) mass is 322 g/mol. The Kier molecular flexibility index (Phi) is 4.82. The summed E-state index contributed by atoms with van der Waals surface area (Å²) in [5.74, 6) is -0.614. The van der Waals surface area contributed by atoms with Crippen LogP contribution < -0.4 is 10.1 Å². The summed E-state index contributed by atoms with van der Waals surface area (Å²) in [6.07, 6.45) is 3.57. The third kappa shape index (κ3) is 3.48. The van der Waals surface area contributed by atoms with E-state index in [1.807, 2.05) is 0 Å². The predicted octanol–water partition coefficient (Wildman–Crippen LogP) is 1.55. The van der Waals surface area contributed by atoms with Crippen molar-refractivity contribution in [3.05, 3.63) is 29.6 Å². The summed E-state index contributed by atoms with van der Waals surface area (Å²) in [5, 5.41) is 12.8. The average Bonchev–Trinajstić information content (AvgIpc) is 3.16. The fourth-order valence-corrected chi connectivity index (χ4v) is 3.67. The van der Waals surface area contributed by atoms with Crippen molar-refractivity contribution in [2.24, 2.45) is 0 Å². The van der Waals surface area contributed by atoms with Crippen molar-refractivity contribution in [1.82, 2.24) is 10.2 Å². The number of likely N-dealkylation sites (tertiary alicyclic amines) is 1. The molecule has 1 aromatic rings. The first-order valence-corrected chi connectivity index (χ1v) is 8.15. The summed E-state index contributed by atoms with van der Waals surface area (Å²) in [4.78, 5) is 14.7. The lowest BCUT2D eigenvalue weighted by Crippen LogP contribution is -2.48. The molecule has 0 spiro atoms. The molecule has 3 rings (SSSR count). The van der Waals surface area contributed by atoms with Crippen LogP contribution in [0.4, 0.5) is 4.39 Å². The number of carbonyl (C=O) groups is 1. The molecule has 3 atom stereocenters. The van der Waals surface area contributed by atoms with Gasteiger partial charge in [0.1, 0.15) is 0 Å². The number of aliphatic hydroxyl groups is 1. The van der Waals surface area contributed by atoms with E-state index in [0.29, 0.717) is 12.1 Å². The van der Waals surface area contributed by atoms with Crippen LogP contribution in [0.3, 0.4) is 0 Å². The zero-order chi connectivity index (χ0) is 16.4.